The zero-order valence-corrected chi connectivity index (χ0v) is 23.0. The molecule has 2 saturated heterocycles. The molecule has 0 saturated carbocycles. The molecule has 1 N–H and O–H groups in total. The van der Waals surface area contributed by atoms with Crippen LogP contribution in [0, 0.1) is 5.92 Å². The molecule has 0 spiro atoms. The molecule has 0 aliphatic carbocycles. The van der Waals surface area contributed by atoms with Crippen LogP contribution in [0.1, 0.15) is 43.3 Å². The van der Waals surface area contributed by atoms with E-state index >= 15 is 0 Å². The summed E-state index contributed by atoms with van der Waals surface area (Å²) < 4.78 is 0. The maximum absolute atomic E-state index is 13.7. The predicted molar refractivity (Wildman–Crippen MR) is 144 cm³/mol. The van der Waals surface area contributed by atoms with Crippen molar-refractivity contribution in [2.75, 3.05) is 26.7 Å². The van der Waals surface area contributed by atoms with Crippen molar-refractivity contribution in [1.82, 2.24) is 20.0 Å². The maximum Gasteiger partial charge on any atom is 0.262 e. The Balaban J connectivity index is 1.47. The van der Waals surface area contributed by atoms with E-state index in [1.165, 1.54) is 40.0 Å². The SMILES string of the molecule is CC(=O)N(C)CC(=O)N1CC(=O)C2C1CCN2C(=O)C(CC(C)C)NC(=O)c1ccc(-c2ccccc2)s1. The van der Waals surface area contributed by atoms with Gasteiger partial charge in [-0.15, -0.1) is 11.3 Å². The van der Waals surface area contributed by atoms with Gasteiger partial charge < -0.3 is 20.0 Å². The Morgan fingerprint density at radius 1 is 1.08 bits per heavy atom. The fraction of sp³-hybridized carbons (Fsp3) is 0.464. The zero-order valence-electron chi connectivity index (χ0n) is 22.2. The van der Waals surface area contributed by atoms with Crippen LogP contribution in [0.25, 0.3) is 10.4 Å². The van der Waals surface area contributed by atoms with Gasteiger partial charge in [0.25, 0.3) is 5.91 Å². The fourth-order valence-corrected chi connectivity index (χ4v) is 6.05. The third-order valence-corrected chi connectivity index (χ3v) is 8.27. The molecular weight excluding hydrogens is 504 g/mol. The zero-order chi connectivity index (χ0) is 27.6. The van der Waals surface area contributed by atoms with Gasteiger partial charge in [0.05, 0.1) is 24.0 Å². The Bertz CT molecular complexity index is 1230. The summed E-state index contributed by atoms with van der Waals surface area (Å²) in [6.45, 7) is 5.46. The fourth-order valence-electron chi connectivity index (χ4n) is 5.13. The number of Topliss-reactive ketones (excluding diaryl/α,β-unsaturated/α-hetero) is 1. The summed E-state index contributed by atoms with van der Waals surface area (Å²) in [4.78, 5) is 70.0. The Hall–Kier alpha value is -3.53. The van der Waals surface area contributed by atoms with Crippen molar-refractivity contribution >= 4 is 40.7 Å². The first-order valence-corrected chi connectivity index (χ1v) is 13.7. The highest BCUT2D eigenvalue weighted by Gasteiger charge is 2.52. The first-order chi connectivity index (χ1) is 18.1. The molecule has 10 heteroatoms. The average molecular weight is 539 g/mol. The molecule has 2 aromatic rings. The summed E-state index contributed by atoms with van der Waals surface area (Å²) in [7, 11) is 1.54. The van der Waals surface area contributed by atoms with E-state index in [1.54, 1.807) is 6.07 Å². The van der Waals surface area contributed by atoms with Gasteiger partial charge in [-0.1, -0.05) is 44.2 Å². The molecule has 3 unspecified atom stereocenters. The van der Waals surface area contributed by atoms with Gasteiger partial charge in [-0.05, 0) is 36.5 Å². The Kier molecular flexibility index (Phi) is 8.30. The molecule has 3 heterocycles. The van der Waals surface area contributed by atoms with E-state index in [0.29, 0.717) is 24.3 Å². The number of thiophene rings is 1. The standard InChI is InChI=1S/C28H34N4O5S/c1-17(2)14-20(29-27(36)24-11-10-23(38-24)19-8-6-5-7-9-19)28(37)31-13-12-21-26(31)22(34)15-32(21)25(35)16-30(4)18(3)33/h5-11,17,20-21,26H,12-16H2,1-4H3,(H,29,36). The van der Waals surface area contributed by atoms with Crippen LogP contribution in [0.5, 0.6) is 0 Å². The van der Waals surface area contributed by atoms with Crippen molar-refractivity contribution in [1.29, 1.82) is 0 Å². The maximum atomic E-state index is 13.7. The number of rotatable bonds is 8. The summed E-state index contributed by atoms with van der Waals surface area (Å²) in [5, 5.41) is 2.92. The molecule has 2 aliphatic rings. The number of nitrogens with one attached hydrogen (secondary N) is 1. The molecule has 0 radical (unpaired) electrons. The number of carbonyl (C=O) groups excluding carboxylic acids is 5. The molecule has 1 aromatic heterocycles. The van der Waals surface area contributed by atoms with E-state index in [-0.39, 0.29) is 48.4 Å². The highest BCUT2D eigenvalue weighted by atomic mass is 32.1. The van der Waals surface area contributed by atoms with Crippen molar-refractivity contribution in [3.8, 4) is 10.4 Å². The Labute approximate surface area is 226 Å². The molecule has 4 amide bonds. The lowest BCUT2D eigenvalue weighted by Gasteiger charge is -2.29. The lowest BCUT2D eigenvalue weighted by molar-refractivity contribution is -0.139. The van der Waals surface area contributed by atoms with E-state index in [0.717, 1.165) is 10.4 Å². The number of likely N-dealkylation sites (N-methyl/N-ethyl adjacent to an activating group) is 1. The van der Waals surface area contributed by atoms with Crippen LogP contribution in [0.3, 0.4) is 0 Å². The van der Waals surface area contributed by atoms with Crippen molar-refractivity contribution in [2.45, 2.75) is 51.7 Å². The normalized spacial score (nSPS) is 19.4. The number of fused-ring (bicyclic) bond motifs is 1. The van der Waals surface area contributed by atoms with Crippen LogP contribution in [0.2, 0.25) is 0 Å². The predicted octanol–water partition coefficient (Wildman–Crippen LogP) is 2.42. The summed E-state index contributed by atoms with van der Waals surface area (Å²) in [6.07, 6.45) is 0.904. The number of likely N-dealkylation sites (tertiary alicyclic amines) is 2. The van der Waals surface area contributed by atoms with Gasteiger partial charge in [0.15, 0.2) is 5.78 Å². The molecule has 0 bridgehead atoms. The molecule has 4 rings (SSSR count). The highest BCUT2D eigenvalue weighted by molar-refractivity contribution is 7.17. The lowest BCUT2D eigenvalue weighted by atomic mass is 10.0. The first kappa shape index (κ1) is 27.5. The summed E-state index contributed by atoms with van der Waals surface area (Å²) in [6, 6.07) is 11.5. The Morgan fingerprint density at radius 3 is 2.45 bits per heavy atom. The number of nitrogens with zero attached hydrogens (tertiary/aromatic N) is 3. The van der Waals surface area contributed by atoms with Crippen molar-refractivity contribution in [3.05, 3.63) is 47.3 Å². The molecule has 3 atom stereocenters. The van der Waals surface area contributed by atoms with Crippen LogP contribution < -0.4 is 5.32 Å². The van der Waals surface area contributed by atoms with E-state index in [2.05, 4.69) is 5.32 Å². The van der Waals surface area contributed by atoms with Crippen molar-refractivity contribution in [2.24, 2.45) is 5.92 Å². The molecular formula is C28H34N4O5S. The van der Waals surface area contributed by atoms with E-state index in [9.17, 15) is 24.0 Å². The second-order valence-corrected chi connectivity index (χ2v) is 11.5. The van der Waals surface area contributed by atoms with Crippen molar-refractivity contribution in [3.63, 3.8) is 0 Å². The minimum atomic E-state index is -0.787. The molecule has 2 fully saturated rings. The van der Waals surface area contributed by atoms with E-state index in [4.69, 9.17) is 0 Å². The van der Waals surface area contributed by atoms with Gasteiger partial charge in [0, 0.05) is 25.4 Å². The quantitative estimate of drug-likeness (QED) is 0.556. The lowest BCUT2D eigenvalue weighted by Crippen LogP contribution is -2.53. The van der Waals surface area contributed by atoms with Gasteiger partial charge >= 0.3 is 0 Å². The number of hydrogen-bond acceptors (Lipinski definition) is 6. The van der Waals surface area contributed by atoms with Crippen LogP contribution >= 0.6 is 11.3 Å². The Morgan fingerprint density at radius 2 is 1.79 bits per heavy atom. The molecule has 202 valence electrons. The third-order valence-electron chi connectivity index (χ3n) is 7.13. The third kappa shape index (κ3) is 5.80. The summed E-state index contributed by atoms with van der Waals surface area (Å²) in [5.74, 6) is -1.24. The molecule has 38 heavy (non-hydrogen) atoms. The largest absolute Gasteiger partial charge is 0.340 e. The summed E-state index contributed by atoms with van der Waals surface area (Å²) in [5.41, 5.74) is 1.02. The minimum absolute atomic E-state index is 0.0810. The van der Waals surface area contributed by atoms with Crippen LogP contribution in [0.15, 0.2) is 42.5 Å². The van der Waals surface area contributed by atoms with Gasteiger partial charge in [-0.3, -0.25) is 24.0 Å². The smallest absolute Gasteiger partial charge is 0.262 e. The van der Waals surface area contributed by atoms with Gasteiger partial charge in [0.1, 0.15) is 12.1 Å². The van der Waals surface area contributed by atoms with Crippen LogP contribution in [-0.4, -0.2) is 88.9 Å². The van der Waals surface area contributed by atoms with Gasteiger partial charge in [-0.25, -0.2) is 0 Å². The van der Waals surface area contributed by atoms with Crippen molar-refractivity contribution < 1.29 is 24.0 Å². The van der Waals surface area contributed by atoms with Gasteiger partial charge in [-0.2, -0.15) is 0 Å². The number of ketones is 1. The second kappa shape index (κ2) is 11.5. The second-order valence-electron chi connectivity index (χ2n) is 10.4. The van der Waals surface area contributed by atoms with Gasteiger partial charge in [0.2, 0.25) is 17.7 Å². The van der Waals surface area contributed by atoms with E-state index in [1.807, 2.05) is 50.2 Å². The van der Waals surface area contributed by atoms with E-state index < -0.39 is 18.1 Å². The minimum Gasteiger partial charge on any atom is -0.340 e. The average Bonchev–Trinajstić information content (AvgIpc) is 3.60. The van der Waals surface area contributed by atoms with Crippen LogP contribution in [-0.2, 0) is 19.2 Å². The molecule has 9 nitrogen and oxygen atoms in total. The number of carbonyl (C=O) groups is 5. The first-order valence-electron chi connectivity index (χ1n) is 12.9. The summed E-state index contributed by atoms with van der Waals surface area (Å²) >= 11 is 1.36. The molecule has 2 aliphatic heterocycles. The monoisotopic (exact) mass is 538 g/mol. The highest BCUT2D eigenvalue weighted by Crippen LogP contribution is 2.31. The topological polar surface area (TPSA) is 107 Å². The number of benzene rings is 1. The van der Waals surface area contributed by atoms with Crippen LogP contribution in [0.4, 0.5) is 0 Å². The number of hydrogen-bond donors (Lipinski definition) is 1. The number of amides is 4. The molecule has 1 aromatic carbocycles.